The minimum absolute atomic E-state index is 0.0366. The average Bonchev–Trinajstić information content (AvgIpc) is 2.66. The van der Waals surface area contributed by atoms with Crippen molar-refractivity contribution in [3.8, 4) is 0 Å². The van der Waals surface area contributed by atoms with E-state index < -0.39 is 0 Å². The normalized spacial score (nSPS) is 35.8. The molecule has 0 spiro atoms. The highest BCUT2D eigenvalue weighted by Gasteiger charge is 2.52. The molecule has 1 aliphatic heterocycles. The molecule has 1 amide bonds. The second-order valence-electron chi connectivity index (χ2n) is 10.0. The maximum atomic E-state index is 13.2. The van der Waals surface area contributed by atoms with Gasteiger partial charge in [-0.25, -0.2) is 0 Å². The molecule has 4 aliphatic carbocycles. The van der Waals surface area contributed by atoms with Crippen molar-refractivity contribution in [1.82, 2.24) is 5.32 Å². The lowest BCUT2D eigenvalue weighted by molar-refractivity contribution is -0.914. The second kappa shape index (κ2) is 7.21. The molecule has 4 saturated carbocycles. The Bertz CT molecular complexity index is 708. The molecule has 1 heterocycles. The van der Waals surface area contributed by atoms with Crippen LogP contribution in [0, 0.1) is 17.8 Å². The van der Waals surface area contributed by atoms with Gasteiger partial charge in [0.2, 0.25) is 0 Å². The van der Waals surface area contributed by atoms with E-state index in [0.29, 0.717) is 0 Å². The Morgan fingerprint density at radius 3 is 2.32 bits per heavy atom. The summed E-state index contributed by atoms with van der Waals surface area (Å²) in [6.45, 7) is 6.08. The molecular formula is C23H33ClN3O+. The van der Waals surface area contributed by atoms with Crippen molar-refractivity contribution in [3.05, 3.63) is 29.3 Å². The first-order valence-corrected chi connectivity index (χ1v) is 11.5. The standard InChI is InChI=1S/C23H32ClN3O/c1-16(26-5-7-27(8-6-26)21-4-2-3-20(24)12-21)22(28)25-23-13-17-9-18(14-23)11-19(10-17)15-23/h2-4,12,16-19H,5-11,13-15H2,1H3,(H,25,28)/p+1/t16-,17?,18?,19?,23?/m0/s1. The summed E-state index contributed by atoms with van der Waals surface area (Å²) in [6.07, 6.45) is 7.95. The first-order chi connectivity index (χ1) is 13.5. The number of hydrogen-bond donors (Lipinski definition) is 2. The predicted octanol–water partition coefficient (Wildman–Crippen LogP) is 2.52. The van der Waals surface area contributed by atoms with Crippen molar-refractivity contribution >= 4 is 23.2 Å². The van der Waals surface area contributed by atoms with Crippen LogP contribution in [-0.2, 0) is 4.79 Å². The van der Waals surface area contributed by atoms with Crippen LogP contribution in [0.15, 0.2) is 24.3 Å². The zero-order valence-electron chi connectivity index (χ0n) is 16.9. The summed E-state index contributed by atoms with van der Waals surface area (Å²) >= 11 is 6.15. The van der Waals surface area contributed by atoms with Crippen molar-refractivity contribution in [2.45, 2.75) is 57.0 Å². The van der Waals surface area contributed by atoms with E-state index in [2.05, 4.69) is 23.2 Å². The smallest absolute Gasteiger partial charge is 0.278 e. The molecule has 1 aromatic carbocycles. The van der Waals surface area contributed by atoms with E-state index in [4.69, 9.17) is 11.6 Å². The molecule has 1 aromatic rings. The van der Waals surface area contributed by atoms with Crippen molar-refractivity contribution in [2.24, 2.45) is 17.8 Å². The van der Waals surface area contributed by atoms with E-state index in [1.165, 1.54) is 49.1 Å². The SMILES string of the molecule is C[C@@H](C(=O)NC12CC3CC(CC(C3)C1)C2)[NH+]1CCN(c2cccc(Cl)c2)CC1. The summed E-state index contributed by atoms with van der Waals surface area (Å²) < 4.78 is 0. The third-order valence-electron chi connectivity index (χ3n) is 8.01. The molecule has 1 atom stereocenters. The molecule has 1 saturated heterocycles. The summed E-state index contributed by atoms with van der Waals surface area (Å²) in [6, 6.07) is 8.13. The highest BCUT2D eigenvalue weighted by Crippen LogP contribution is 2.55. The van der Waals surface area contributed by atoms with Crippen LogP contribution >= 0.6 is 11.6 Å². The highest BCUT2D eigenvalue weighted by atomic mass is 35.5. The summed E-state index contributed by atoms with van der Waals surface area (Å²) in [4.78, 5) is 17.0. The molecule has 2 N–H and O–H groups in total. The number of hydrogen-bond acceptors (Lipinski definition) is 2. The van der Waals surface area contributed by atoms with Gasteiger partial charge in [-0.05, 0) is 81.4 Å². The van der Waals surface area contributed by atoms with Crippen LogP contribution in [0.3, 0.4) is 0 Å². The van der Waals surface area contributed by atoms with Gasteiger partial charge in [-0.2, -0.15) is 0 Å². The molecule has 152 valence electrons. The lowest BCUT2D eigenvalue weighted by Crippen LogP contribution is -3.19. The Morgan fingerprint density at radius 2 is 1.75 bits per heavy atom. The van der Waals surface area contributed by atoms with Crippen LogP contribution in [0.2, 0.25) is 5.02 Å². The molecule has 6 rings (SSSR count). The highest BCUT2D eigenvalue weighted by molar-refractivity contribution is 6.30. The molecule has 5 aliphatic rings. The largest absolute Gasteiger partial charge is 0.360 e. The summed E-state index contributed by atoms with van der Waals surface area (Å²) in [5.41, 5.74) is 1.32. The number of carbonyl (C=O) groups excluding carboxylic acids is 1. The van der Waals surface area contributed by atoms with Crippen molar-refractivity contribution < 1.29 is 9.69 Å². The molecule has 4 bridgehead atoms. The number of anilines is 1. The van der Waals surface area contributed by atoms with E-state index >= 15 is 0 Å². The van der Waals surface area contributed by atoms with Crippen LogP contribution in [0.25, 0.3) is 0 Å². The quantitative estimate of drug-likeness (QED) is 0.811. The Kier molecular flexibility index (Phi) is 4.83. The minimum Gasteiger partial charge on any atom is -0.360 e. The van der Waals surface area contributed by atoms with E-state index in [-0.39, 0.29) is 17.5 Å². The fourth-order valence-corrected chi connectivity index (χ4v) is 7.16. The maximum Gasteiger partial charge on any atom is 0.278 e. The Balaban J connectivity index is 1.18. The third kappa shape index (κ3) is 3.54. The minimum atomic E-state index is 0.0366. The molecule has 28 heavy (non-hydrogen) atoms. The number of benzene rings is 1. The molecule has 0 aromatic heterocycles. The first-order valence-electron chi connectivity index (χ1n) is 11.2. The van der Waals surface area contributed by atoms with Crippen LogP contribution < -0.4 is 15.1 Å². The number of carbonyl (C=O) groups is 1. The summed E-state index contributed by atoms with van der Waals surface area (Å²) in [5, 5.41) is 4.37. The van der Waals surface area contributed by atoms with Gasteiger partial charge >= 0.3 is 0 Å². The van der Waals surface area contributed by atoms with Crippen LogP contribution in [0.5, 0.6) is 0 Å². The Morgan fingerprint density at radius 1 is 1.14 bits per heavy atom. The van der Waals surface area contributed by atoms with Gasteiger partial charge in [-0.3, -0.25) is 4.79 Å². The fraction of sp³-hybridized carbons (Fsp3) is 0.696. The van der Waals surface area contributed by atoms with Gasteiger partial charge in [0.1, 0.15) is 0 Å². The number of quaternary nitrogens is 1. The molecule has 5 heteroatoms. The predicted molar refractivity (Wildman–Crippen MR) is 113 cm³/mol. The zero-order valence-corrected chi connectivity index (χ0v) is 17.7. The van der Waals surface area contributed by atoms with Gasteiger partial charge in [-0.1, -0.05) is 17.7 Å². The van der Waals surface area contributed by atoms with Gasteiger partial charge in [0.25, 0.3) is 5.91 Å². The number of nitrogens with one attached hydrogen (secondary N) is 2. The molecule has 4 nitrogen and oxygen atoms in total. The van der Waals surface area contributed by atoms with Crippen LogP contribution in [-0.4, -0.2) is 43.7 Å². The average molecular weight is 403 g/mol. The number of rotatable bonds is 4. The van der Waals surface area contributed by atoms with Gasteiger partial charge in [0.15, 0.2) is 6.04 Å². The van der Waals surface area contributed by atoms with Gasteiger partial charge < -0.3 is 15.1 Å². The summed E-state index contributed by atoms with van der Waals surface area (Å²) in [5.74, 6) is 2.90. The second-order valence-corrected chi connectivity index (χ2v) is 10.5. The van der Waals surface area contributed by atoms with Crippen molar-refractivity contribution in [2.75, 3.05) is 31.1 Å². The summed E-state index contributed by atoms with van der Waals surface area (Å²) in [7, 11) is 0. The molecule has 0 unspecified atom stereocenters. The molecule has 5 fully saturated rings. The van der Waals surface area contributed by atoms with Crippen molar-refractivity contribution in [1.29, 1.82) is 0 Å². The number of amides is 1. The van der Waals surface area contributed by atoms with E-state index in [0.717, 1.165) is 49.0 Å². The van der Waals surface area contributed by atoms with Gasteiger partial charge in [0, 0.05) is 16.2 Å². The molecule has 0 radical (unpaired) electrons. The maximum absolute atomic E-state index is 13.2. The number of piperazine rings is 1. The van der Waals surface area contributed by atoms with Crippen LogP contribution in [0.1, 0.15) is 45.4 Å². The van der Waals surface area contributed by atoms with Gasteiger partial charge in [0.05, 0.1) is 26.2 Å². The van der Waals surface area contributed by atoms with Crippen LogP contribution in [0.4, 0.5) is 5.69 Å². The zero-order chi connectivity index (χ0) is 19.3. The Hall–Kier alpha value is -1.26. The van der Waals surface area contributed by atoms with E-state index in [1.54, 1.807) is 0 Å². The van der Waals surface area contributed by atoms with E-state index in [1.807, 2.05) is 18.2 Å². The first kappa shape index (κ1) is 18.7. The molecular weight excluding hydrogens is 370 g/mol. The van der Waals surface area contributed by atoms with Gasteiger partial charge in [-0.15, -0.1) is 0 Å². The topological polar surface area (TPSA) is 36.8 Å². The Labute approximate surface area is 173 Å². The number of nitrogens with zero attached hydrogens (tertiary/aromatic N) is 1. The monoisotopic (exact) mass is 402 g/mol. The third-order valence-corrected chi connectivity index (χ3v) is 8.25. The number of halogens is 1. The van der Waals surface area contributed by atoms with E-state index in [9.17, 15) is 4.79 Å². The fourth-order valence-electron chi connectivity index (χ4n) is 6.98. The van der Waals surface area contributed by atoms with Crippen molar-refractivity contribution in [3.63, 3.8) is 0 Å². The lowest BCUT2D eigenvalue weighted by atomic mass is 9.53. The lowest BCUT2D eigenvalue weighted by Gasteiger charge is -2.57.